The molecule has 1 saturated heterocycles. The Morgan fingerprint density at radius 1 is 1.39 bits per heavy atom. The Kier molecular flexibility index (Phi) is 4.70. The van der Waals surface area contributed by atoms with Crippen LogP contribution in [-0.4, -0.2) is 46.4 Å². The van der Waals surface area contributed by atoms with E-state index in [2.05, 4.69) is 30.4 Å². The second-order valence-corrected chi connectivity index (χ2v) is 5.43. The number of H-pyrrole nitrogens is 1. The first-order valence-corrected chi connectivity index (χ1v) is 7.69. The quantitative estimate of drug-likeness (QED) is 0.850. The third-order valence-electron chi connectivity index (χ3n) is 3.92. The van der Waals surface area contributed by atoms with Crippen LogP contribution in [0, 0.1) is 0 Å². The number of methoxy groups -OCH3 is 1. The monoisotopic (exact) mass is 316 g/mol. The molecule has 0 amide bonds. The minimum atomic E-state index is -0.190. The summed E-state index contributed by atoms with van der Waals surface area (Å²) >= 11 is 0. The summed E-state index contributed by atoms with van der Waals surface area (Å²) in [6, 6.07) is 5.26. The van der Waals surface area contributed by atoms with E-state index in [9.17, 15) is 4.79 Å². The van der Waals surface area contributed by atoms with E-state index in [1.165, 1.54) is 12.5 Å². The van der Waals surface area contributed by atoms with Crippen molar-refractivity contribution in [2.75, 3.05) is 30.4 Å². The third-order valence-corrected chi connectivity index (χ3v) is 3.92. The van der Waals surface area contributed by atoms with Gasteiger partial charge in [-0.15, -0.1) is 0 Å². The van der Waals surface area contributed by atoms with Gasteiger partial charge in [0.15, 0.2) is 0 Å². The zero-order chi connectivity index (χ0) is 16.1. The van der Waals surface area contributed by atoms with Crippen LogP contribution in [0.4, 0.5) is 11.8 Å². The molecular formula is C15H20N6O2. The van der Waals surface area contributed by atoms with Gasteiger partial charge in [-0.2, -0.15) is 10.1 Å². The number of aromatic nitrogens is 4. The first-order valence-electron chi connectivity index (χ1n) is 7.69. The molecule has 1 aliphatic rings. The minimum Gasteiger partial charge on any atom is -0.481 e. The first-order chi connectivity index (χ1) is 11.3. The maximum Gasteiger partial charge on any atom is 0.264 e. The lowest BCUT2D eigenvalue weighted by Gasteiger charge is -2.36. The summed E-state index contributed by atoms with van der Waals surface area (Å²) in [4.78, 5) is 21.9. The van der Waals surface area contributed by atoms with Crippen molar-refractivity contribution >= 4 is 11.8 Å². The molecule has 1 unspecified atom stereocenters. The number of hydrogen-bond donors (Lipinski definition) is 2. The molecule has 1 atom stereocenters. The molecule has 8 heteroatoms. The standard InChI is InChI=1S/C15H20N6O2/c1-23-14-7-8-16-15(18-14)17-10-11-4-2-3-9-21(11)12-5-6-13(22)20-19-12/h5-8,11H,2-4,9-10H2,1H3,(H,20,22)(H,16,17,18). The van der Waals surface area contributed by atoms with Gasteiger partial charge in [-0.25, -0.2) is 10.1 Å². The molecule has 3 rings (SSSR count). The van der Waals surface area contributed by atoms with Crippen molar-refractivity contribution in [1.29, 1.82) is 0 Å². The van der Waals surface area contributed by atoms with Gasteiger partial charge in [0.25, 0.3) is 5.56 Å². The van der Waals surface area contributed by atoms with Crippen molar-refractivity contribution in [1.82, 2.24) is 20.2 Å². The first kappa shape index (κ1) is 15.3. The second kappa shape index (κ2) is 7.08. The van der Waals surface area contributed by atoms with Crippen LogP contribution in [-0.2, 0) is 0 Å². The number of nitrogens with zero attached hydrogens (tertiary/aromatic N) is 4. The molecule has 0 saturated carbocycles. The fourth-order valence-corrected chi connectivity index (χ4v) is 2.76. The molecule has 0 radical (unpaired) electrons. The molecule has 8 nitrogen and oxygen atoms in total. The molecule has 0 bridgehead atoms. The maximum atomic E-state index is 11.2. The molecule has 3 heterocycles. The lowest BCUT2D eigenvalue weighted by Crippen LogP contribution is -2.44. The molecule has 1 aliphatic heterocycles. The van der Waals surface area contributed by atoms with Crippen molar-refractivity contribution in [3.05, 3.63) is 34.7 Å². The SMILES string of the molecule is COc1ccnc(NCC2CCCCN2c2ccc(=O)[nH]n2)n1. The van der Waals surface area contributed by atoms with E-state index in [-0.39, 0.29) is 11.6 Å². The maximum absolute atomic E-state index is 11.2. The van der Waals surface area contributed by atoms with Crippen molar-refractivity contribution in [2.24, 2.45) is 0 Å². The summed E-state index contributed by atoms with van der Waals surface area (Å²) in [5.41, 5.74) is -0.190. The van der Waals surface area contributed by atoms with Crippen molar-refractivity contribution < 1.29 is 4.74 Å². The number of ether oxygens (including phenoxy) is 1. The summed E-state index contributed by atoms with van der Waals surface area (Å²) in [6.07, 6.45) is 5.01. The molecule has 0 aromatic carbocycles. The van der Waals surface area contributed by atoms with Crippen molar-refractivity contribution in [2.45, 2.75) is 25.3 Å². The van der Waals surface area contributed by atoms with E-state index in [0.29, 0.717) is 18.4 Å². The highest BCUT2D eigenvalue weighted by Gasteiger charge is 2.23. The lowest BCUT2D eigenvalue weighted by molar-refractivity contribution is 0.397. The molecule has 2 aromatic rings. The summed E-state index contributed by atoms with van der Waals surface area (Å²) in [7, 11) is 1.58. The Labute approximate surface area is 133 Å². The van der Waals surface area contributed by atoms with Crippen LogP contribution in [0.15, 0.2) is 29.2 Å². The number of anilines is 2. The minimum absolute atomic E-state index is 0.190. The predicted molar refractivity (Wildman–Crippen MR) is 86.9 cm³/mol. The van der Waals surface area contributed by atoms with Crippen LogP contribution in [0.5, 0.6) is 5.88 Å². The molecule has 23 heavy (non-hydrogen) atoms. The van der Waals surface area contributed by atoms with Gasteiger partial charge in [0, 0.05) is 37.5 Å². The molecule has 122 valence electrons. The average molecular weight is 316 g/mol. The summed E-state index contributed by atoms with van der Waals surface area (Å²) in [6.45, 7) is 1.62. The normalized spacial score (nSPS) is 17.8. The van der Waals surface area contributed by atoms with E-state index in [1.807, 2.05) is 0 Å². The Morgan fingerprint density at radius 2 is 2.30 bits per heavy atom. The Hall–Kier alpha value is -2.64. The van der Waals surface area contributed by atoms with E-state index in [0.717, 1.165) is 25.2 Å². The molecule has 0 spiro atoms. The van der Waals surface area contributed by atoms with Gasteiger partial charge in [0.1, 0.15) is 5.82 Å². The number of aromatic amines is 1. The van der Waals surface area contributed by atoms with Crippen LogP contribution >= 0.6 is 0 Å². The highest BCUT2D eigenvalue weighted by Crippen LogP contribution is 2.22. The van der Waals surface area contributed by atoms with E-state index in [1.54, 1.807) is 25.4 Å². The van der Waals surface area contributed by atoms with E-state index in [4.69, 9.17) is 4.74 Å². The third kappa shape index (κ3) is 3.77. The summed E-state index contributed by atoms with van der Waals surface area (Å²) in [5.74, 6) is 1.87. The smallest absolute Gasteiger partial charge is 0.264 e. The topological polar surface area (TPSA) is 96.0 Å². The molecule has 2 N–H and O–H groups in total. The summed E-state index contributed by atoms with van der Waals surface area (Å²) in [5, 5.41) is 9.90. The highest BCUT2D eigenvalue weighted by molar-refractivity contribution is 5.39. The fourth-order valence-electron chi connectivity index (χ4n) is 2.76. The van der Waals surface area contributed by atoms with Gasteiger partial charge in [-0.3, -0.25) is 4.79 Å². The fraction of sp³-hybridized carbons (Fsp3) is 0.467. The number of nitrogens with one attached hydrogen (secondary N) is 2. The van der Waals surface area contributed by atoms with Crippen LogP contribution in [0.3, 0.4) is 0 Å². The van der Waals surface area contributed by atoms with E-state index < -0.39 is 0 Å². The molecular weight excluding hydrogens is 296 g/mol. The van der Waals surface area contributed by atoms with E-state index >= 15 is 0 Å². The largest absolute Gasteiger partial charge is 0.481 e. The van der Waals surface area contributed by atoms with Gasteiger partial charge >= 0.3 is 0 Å². The number of rotatable bonds is 5. The molecule has 1 fully saturated rings. The van der Waals surface area contributed by atoms with Crippen LogP contribution in [0.1, 0.15) is 19.3 Å². The number of piperidine rings is 1. The zero-order valence-corrected chi connectivity index (χ0v) is 13.0. The van der Waals surface area contributed by atoms with Gasteiger partial charge in [0.05, 0.1) is 7.11 Å². The van der Waals surface area contributed by atoms with Crippen molar-refractivity contribution in [3.63, 3.8) is 0 Å². The highest BCUT2D eigenvalue weighted by atomic mass is 16.5. The van der Waals surface area contributed by atoms with Crippen LogP contribution in [0.25, 0.3) is 0 Å². The lowest BCUT2D eigenvalue weighted by atomic mass is 10.0. The molecule has 0 aliphatic carbocycles. The van der Waals surface area contributed by atoms with Gasteiger partial charge in [-0.1, -0.05) is 0 Å². The van der Waals surface area contributed by atoms with Gasteiger partial charge < -0.3 is 15.0 Å². The zero-order valence-electron chi connectivity index (χ0n) is 13.0. The Bertz CT molecular complexity index is 684. The van der Waals surface area contributed by atoms with Crippen LogP contribution < -0.4 is 20.5 Å². The second-order valence-electron chi connectivity index (χ2n) is 5.43. The van der Waals surface area contributed by atoms with Crippen LogP contribution in [0.2, 0.25) is 0 Å². The number of hydrogen-bond acceptors (Lipinski definition) is 7. The Balaban J connectivity index is 1.69. The van der Waals surface area contributed by atoms with Crippen molar-refractivity contribution in [3.8, 4) is 5.88 Å². The van der Waals surface area contributed by atoms with Gasteiger partial charge in [0.2, 0.25) is 11.8 Å². The van der Waals surface area contributed by atoms with Gasteiger partial charge in [-0.05, 0) is 25.3 Å². The predicted octanol–water partition coefficient (Wildman–Crippen LogP) is 1.04. The summed E-state index contributed by atoms with van der Waals surface area (Å²) < 4.78 is 5.10. The molecule has 2 aromatic heterocycles. The average Bonchev–Trinajstić information content (AvgIpc) is 2.61. The Morgan fingerprint density at radius 3 is 3.09 bits per heavy atom.